The molecule has 0 spiro atoms. The lowest BCUT2D eigenvalue weighted by Gasteiger charge is -2.08. The number of aliphatic hydroxyl groups is 1. The first-order valence-corrected chi connectivity index (χ1v) is 8.27. The van der Waals surface area contributed by atoms with Crippen molar-refractivity contribution in [1.82, 2.24) is 4.98 Å². The van der Waals surface area contributed by atoms with Crippen molar-refractivity contribution in [1.29, 1.82) is 0 Å². The van der Waals surface area contributed by atoms with Gasteiger partial charge < -0.3 is 9.84 Å². The van der Waals surface area contributed by atoms with Crippen LogP contribution in [0.4, 0.5) is 9.39 Å². The van der Waals surface area contributed by atoms with Gasteiger partial charge in [-0.2, -0.15) is 0 Å². The molecule has 1 N–H and O–H groups in total. The van der Waals surface area contributed by atoms with Crippen LogP contribution in [0.25, 0.3) is 5.76 Å². The fourth-order valence-electron chi connectivity index (χ4n) is 1.65. The Bertz CT molecular complexity index is 807. The Balaban J connectivity index is 2.53. The molecule has 2 aromatic rings. The maximum Gasteiger partial charge on any atom is 0.343 e. The van der Waals surface area contributed by atoms with Crippen LogP contribution in [0.3, 0.4) is 0 Å². The number of pyridine rings is 1. The lowest BCUT2D eigenvalue weighted by molar-refractivity contribution is -0.137. The molecule has 0 aromatic carbocycles. The molecular weight excluding hydrogens is 378 g/mol. The van der Waals surface area contributed by atoms with Crippen molar-refractivity contribution in [2.24, 2.45) is 4.99 Å². The number of carbonyl (C=O) groups is 1. The SMILES string of the molecule is CCOC(=O)C(/C=N/c1cccs1)=C(/O)c1cc(F)c(Cl)nc1Cl. The van der Waals surface area contributed by atoms with Crippen molar-refractivity contribution < 1.29 is 19.0 Å². The van der Waals surface area contributed by atoms with Crippen LogP contribution in [0.5, 0.6) is 0 Å². The number of hydrogen-bond acceptors (Lipinski definition) is 6. The molecule has 0 atom stereocenters. The molecule has 0 amide bonds. The van der Waals surface area contributed by atoms with Gasteiger partial charge in [0, 0.05) is 6.21 Å². The molecule has 0 bridgehead atoms. The Kier molecular flexibility index (Phi) is 6.30. The highest BCUT2D eigenvalue weighted by Crippen LogP contribution is 2.27. The number of hydrogen-bond donors (Lipinski definition) is 1. The summed E-state index contributed by atoms with van der Waals surface area (Å²) < 4.78 is 18.5. The van der Waals surface area contributed by atoms with Gasteiger partial charge in [0.25, 0.3) is 0 Å². The van der Waals surface area contributed by atoms with E-state index in [0.29, 0.717) is 5.00 Å². The minimum absolute atomic E-state index is 0.0867. The summed E-state index contributed by atoms with van der Waals surface area (Å²) in [6, 6.07) is 4.38. The van der Waals surface area contributed by atoms with E-state index in [-0.39, 0.29) is 22.9 Å². The number of ether oxygens (including phenoxy) is 1. The number of nitrogens with zero attached hydrogens (tertiary/aromatic N) is 2. The average Bonchev–Trinajstić information content (AvgIpc) is 3.04. The molecule has 0 unspecified atom stereocenters. The minimum Gasteiger partial charge on any atom is -0.506 e. The molecule has 9 heteroatoms. The van der Waals surface area contributed by atoms with Gasteiger partial charge in [-0.25, -0.2) is 19.2 Å². The Morgan fingerprint density at radius 3 is 2.88 bits per heavy atom. The van der Waals surface area contributed by atoms with Crippen LogP contribution >= 0.6 is 34.5 Å². The highest BCUT2D eigenvalue weighted by molar-refractivity contribution is 7.13. The van der Waals surface area contributed by atoms with Crippen LogP contribution in [-0.4, -0.2) is 28.9 Å². The molecule has 0 aliphatic heterocycles. The highest BCUT2D eigenvalue weighted by Gasteiger charge is 2.20. The zero-order valence-corrected chi connectivity index (χ0v) is 14.6. The normalized spacial score (nSPS) is 12.3. The van der Waals surface area contributed by atoms with Gasteiger partial charge in [-0.1, -0.05) is 23.2 Å². The zero-order chi connectivity index (χ0) is 17.7. The third-order valence-electron chi connectivity index (χ3n) is 2.72. The number of rotatable bonds is 5. The Morgan fingerprint density at radius 2 is 2.25 bits per heavy atom. The summed E-state index contributed by atoms with van der Waals surface area (Å²) in [5, 5.41) is 12.1. The molecule has 0 saturated heterocycles. The van der Waals surface area contributed by atoms with Gasteiger partial charge in [0.05, 0.1) is 12.2 Å². The number of thiophene rings is 1. The second-order valence-electron chi connectivity index (χ2n) is 4.29. The maximum atomic E-state index is 13.6. The van der Waals surface area contributed by atoms with Gasteiger partial charge >= 0.3 is 5.97 Å². The number of carbonyl (C=O) groups excluding carboxylic acids is 1. The molecule has 0 aliphatic carbocycles. The molecule has 0 aliphatic rings. The Hall–Kier alpha value is -1.96. The second-order valence-corrected chi connectivity index (χ2v) is 5.93. The Morgan fingerprint density at radius 1 is 1.50 bits per heavy atom. The maximum absolute atomic E-state index is 13.6. The van der Waals surface area contributed by atoms with E-state index in [1.54, 1.807) is 24.4 Å². The summed E-state index contributed by atoms with van der Waals surface area (Å²) in [6.07, 6.45) is 1.13. The van der Waals surface area contributed by atoms with Crippen molar-refractivity contribution in [2.45, 2.75) is 6.92 Å². The monoisotopic (exact) mass is 388 g/mol. The molecule has 0 saturated carbocycles. The van der Waals surface area contributed by atoms with Gasteiger partial charge in [-0.3, -0.25) is 0 Å². The van der Waals surface area contributed by atoms with Crippen molar-refractivity contribution in [2.75, 3.05) is 6.61 Å². The van der Waals surface area contributed by atoms with Crippen LogP contribution in [0, 0.1) is 5.82 Å². The van der Waals surface area contributed by atoms with Crippen LogP contribution in [0.15, 0.2) is 34.1 Å². The summed E-state index contributed by atoms with van der Waals surface area (Å²) in [5.74, 6) is -2.33. The van der Waals surface area contributed by atoms with E-state index in [2.05, 4.69) is 9.98 Å². The van der Waals surface area contributed by atoms with Crippen LogP contribution < -0.4 is 0 Å². The number of aliphatic imine (C=N–C) groups is 1. The highest BCUT2D eigenvalue weighted by atomic mass is 35.5. The summed E-state index contributed by atoms with van der Waals surface area (Å²) >= 11 is 12.7. The van der Waals surface area contributed by atoms with Crippen molar-refractivity contribution in [3.05, 3.63) is 50.8 Å². The molecule has 126 valence electrons. The largest absolute Gasteiger partial charge is 0.506 e. The van der Waals surface area contributed by atoms with Gasteiger partial charge in [0.2, 0.25) is 0 Å². The lowest BCUT2D eigenvalue weighted by atomic mass is 10.1. The topological polar surface area (TPSA) is 71.8 Å². The van der Waals surface area contributed by atoms with E-state index in [4.69, 9.17) is 27.9 Å². The molecule has 24 heavy (non-hydrogen) atoms. The molecule has 0 fully saturated rings. The van der Waals surface area contributed by atoms with Crippen molar-refractivity contribution >= 4 is 57.5 Å². The van der Waals surface area contributed by atoms with Gasteiger partial charge in [0.1, 0.15) is 21.5 Å². The van der Waals surface area contributed by atoms with Crippen LogP contribution in [-0.2, 0) is 9.53 Å². The molecule has 2 aromatic heterocycles. The number of esters is 1. The number of aliphatic hydroxyl groups excluding tert-OH is 1. The number of aromatic nitrogens is 1. The predicted molar refractivity (Wildman–Crippen MR) is 92.9 cm³/mol. The predicted octanol–water partition coefficient (Wildman–Crippen LogP) is 4.82. The zero-order valence-electron chi connectivity index (χ0n) is 12.3. The van der Waals surface area contributed by atoms with E-state index in [9.17, 15) is 14.3 Å². The molecule has 2 heterocycles. The van der Waals surface area contributed by atoms with E-state index >= 15 is 0 Å². The summed E-state index contributed by atoms with van der Waals surface area (Å²) in [4.78, 5) is 19.7. The first-order valence-electron chi connectivity index (χ1n) is 6.63. The quantitative estimate of drug-likeness (QED) is 0.262. The van der Waals surface area contributed by atoms with E-state index in [1.165, 1.54) is 11.3 Å². The third kappa shape index (κ3) is 4.31. The third-order valence-corrected chi connectivity index (χ3v) is 4.05. The first kappa shape index (κ1) is 18.4. The molecule has 5 nitrogen and oxygen atoms in total. The fraction of sp³-hybridized carbons (Fsp3) is 0.133. The van der Waals surface area contributed by atoms with Gasteiger partial charge in [-0.15, -0.1) is 11.3 Å². The summed E-state index contributed by atoms with van der Waals surface area (Å²) in [5.41, 5.74) is -0.477. The van der Waals surface area contributed by atoms with Gasteiger partial charge in [0.15, 0.2) is 11.0 Å². The van der Waals surface area contributed by atoms with Gasteiger partial charge in [-0.05, 0) is 30.5 Å². The standard InChI is InChI=1S/C15H11Cl2FN2O3S/c1-2-23-15(22)9(7-19-11-4-3-5-24-11)12(21)8-6-10(18)14(17)20-13(8)16/h3-7,21H,2H2,1H3/b12-9+,19-7+. The minimum atomic E-state index is -0.888. The van der Waals surface area contributed by atoms with E-state index < -0.39 is 22.7 Å². The summed E-state index contributed by atoms with van der Waals surface area (Å²) in [6.45, 7) is 1.70. The summed E-state index contributed by atoms with van der Waals surface area (Å²) in [7, 11) is 0. The molecular formula is C15H11Cl2FN2O3S. The smallest absolute Gasteiger partial charge is 0.343 e. The molecule has 0 radical (unpaired) electrons. The van der Waals surface area contributed by atoms with E-state index in [1.807, 2.05) is 0 Å². The number of halogens is 3. The first-order chi connectivity index (χ1) is 11.4. The lowest BCUT2D eigenvalue weighted by Crippen LogP contribution is -2.11. The Labute approximate surface area is 151 Å². The van der Waals surface area contributed by atoms with Crippen LogP contribution in [0.1, 0.15) is 12.5 Å². The van der Waals surface area contributed by atoms with Crippen molar-refractivity contribution in [3.63, 3.8) is 0 Å². The van der Waals surface area contributed by atoms with Crippen LogP contribution in [0.2, 0.25) is 10.3 Å². The van der Waals surface area contributed by atoms with E-state index in [0.717, 1.165) is 12.3 Å². The molecule has 2 rings (SSSR count). The average molecular weight is 389 g/mol. The van der Waals surface area contributed by atoms with Crippen molar-refractivity contribution in [3.8, 4) is 0 Å². The fourth-order valence-corrected chi connectivity index (χ4v) is 2.63. The second kappa shape index (κ2) is 8.23.